The van der Waals surface area contributed by atoms with E-state index in [2.05, 4.69) is 4.98 Å². The summed E-state index contributed by atoms with van der Waals surface area (Å²) in [6.07, 6.45) is 4.17. The molecule has 0 saturated heterocycles. The third kappa shape index (κ3) is 1.87. The summed E-state index contributed by atoms with van der Waals surface area (Å²) in [5.41, 5.74) is 0.765. The minimum absolute atomic E-state index is 0.178. The summed E-state index contributed by atoms with van der Waals surface area (Å²) in [4.78, 5) is 16.7. The Bertz CT molecular complexity index is 561. The molecule has 4 atom stereocenters. The summed E-state index contributed by atoms with van der Waals surface area (Å²) in [6, 6.07) is 0. The zero-order valence-electron chi connectivity index (χ0n) is 13.0. The van der Waals surface area contributed by atoms with Crippen molar-refractivity contribution in [3.8, 4) is 0 Å². The van der Waals surface area contributed by atoms with E-state index in [1.54, 1.807) is 0 Å². The molecule has 4 heteroatoms. The van der Waals surface area contributed by atoms with Crippen molar-refractivity contribution in [2.75, 3.05) is 6.61 Å². The van der Waals surface area contributed by atoms with Gasteiger partial charge in [0, 0.05) is 5.92 Å². The molecule has 4 nitrogen and oxygen atoms in total. The number of hydrogen-bond acceptors (Lipinski definition) is 4. The quantitative estimate of drug-likeness (QED) is 0.792. The molecule has 114 valence electrons. The van der Waals surface area contributed by atoms with Crippen LogP contribution in [0.1, 0.15) is 74.0 Å². The maximum atomic E-state index is 12.1. The molecule has 3 saturated carbocycles. The molecule has 0 spiro atoms. The largest absolute Gasteiger partial charge is 0.460 e. The molecule has 4 rings (SSSR count). The van der Waals surface area contributed by atoms with E-state index in [9.17, 15) is 4.79 Å². The van der Waals surface area contributed by atoms with Crippen molar-refractivity contribution >= 4 is 5.97 Å². The molecule has 0 radical (unpaired) electrons. The van der Waals surface area contributed by atoms with E-state index in [0.717, 1.165) is 35.3 Å². The van der Waals surface area contributed by atoms with Crippen molar-refractivity contribution in [1.29, 1.82) is 0 Å². The van der Waals surface area contributed by atoms with E-state index in [1.807, 2.05) is 20.8 Å². The van der Waals surface area contributed by atoms with Gasteiger partial charge in [-0.25, -0.2) is 9.78 Å². The lowest BCUT2D eigenvalue weighted by molar-refractivity contribution is 0.0485. The molecular weight excluding hydrogens is 266 g/mol. The summed E-state index contributed by atoms with van der Waals surface area (Å²) in [5.74, 6) is 4.72. The highest BCUT2D eigenvalue weighted by Gasteiger charge is 2.67. The summed E-state index contributed by atoms with van der Waals surface area (Å²) in [7, 11) is 0. The first-order valence-corrected chi connectivity index (χ1v) is 8.29. The van der Waals surface area contributed by atoms with Gasteiger partial charge in [0.25, 0.3) is 0 Å². The molecular formula is C17H23NO3. The van der Waals surface area contributed by atoms with Crippen molar-refractivity contribution in [2.24, 2.45) is 23.7 Å². The first-order chi connectivity index (χ1) is 10.1. The number of esters is 1. The number of carbonyl (C=O) groups excluding carboxylic acids is 1. The van der Waals surface area contributed by atoms with Gasteiger partial charge in [-0.05, 0) is 55.8 Å². The Balaban J connectivity index is 1.62. The Hall–Kier alpha value is -1.32. The fourth-order valence-corrected chi connectivity index (χ4v) is 4.88. The molecule has 0 aliphatic heterocycles. The maximum absolute atomic E-state index is 12.1. The second-order valence-electron chi connectivity index (χ2n) is 7.16. The van der Waals surface area contributed by atoms with Crippen molar-refractivity contribution in [1.82, 2.24) is 4.98 Å². The Kier molecular flexibility index (Phi) is 2.92. The Morgan fingerprint density at radius 1 is 1.33 bits per heavy atom. The summed E-state index contributed by atoms with van der Waals surface area (Å²) in [6.45, 7) is 6.27. The van der Waals surface area contributed by atoms with E-state index in [0.29, 0.717) is 18.3 Å². The molecule has 2 bridgehead atoms. The smallest absolute Gasteiger partial charge is 0.376 e. The van der Waals surface area contributed by atoms with Gasteiger partial charge in [0.1, 0.15) is 0 Å². The fraction of sp³-hybridized carbons (Fsp3) is 0.765. The standard InChI is InChI=1S/C17H23NO3/c1-4-20-17(19)15-14(8(2)3)18-16(21-15)13-11-9-5-6-10(7-9)12(11)13/h8-13H,4-7H2,1-3H3. The molecule has 1 heterocycles. The van der Waals surface area contributed by atoms with Crippen LogP contribution in [0.5, 0.6) is 0 Å². The average Bonchev–Trinajstić information content (AvgIpc) is 2.85. The van der Waals surface area contributed by atoms with Crippen molar-refractivity contribution in [2.45, 2.75) is 51.9 Å². The van der Waals surface area contributed by atoms with Crippen LogP contribution in [-0.4, -0.2) is 17.6 Å². The zero-order chi connectivity index (χ0) is 14.7. The van der Waals surface area contributed by atoms with Crippen LogP contribution in [0.4, 0.5) is 0 Å². The number of carbonyl (C=O) groups is 1. The second-order valence-corrected chi connectivity index (χ2v) is 7.16. The van der Waals surface area contributed by atoms with Crippen LogP contribution in [0, 0.1) is 23.7 Å². The van der Waals surface area contributed by atoms with E-state index in [4.69, 9.17) is 9.15 Å². The molecule has 3 fully saturated rings. The first kappa shape index (κ1) is 13.4. The summed E-state index contributed by atoms with van der Waals surface area (Å²) >= 11 is 0. The zero-order valence-corrected chi connectivity index (χ0v) is 13.0. The van der Waals surface area contributed by atoms with E-state index >= 15 is 0 Å². The highest BCUT2D eigenvalue weighted by atomic mass is 16.5. The van der Waals surface area contributed by atoms with Gasteiger partial charge in [-0.1, -0.05) is 13.8 Å². The van der Waals surface area contributed by atoms with Gasteiger partial charge < -0.3 is 9.15 Å². The van der Waals surface area contributed by atoms with E-state index < -0.39 is 0 Å². The van der Waals surface area contributed by atoms with Crippen molar-refractivity contribution < 1.29 is 13.9 Å². The normalized spacial score (nSPS) is 36.1. The van der Waals surface area contributed by atoms with Gasteiger partial charge in [0.2, 0.25) is 5.76 Å². The molecule has 0 N–H and O–H groups in total. The lowest BCUT2D eigenvalue weighted by Gasteiger charge is -2.04. The first-order valence-electron chi connectivity index (χ1n) is 8.29. The Morgan fingerprint density at radius 2 is 2.00 bits per heavy atom. The second kappa shape index (κ2) is 4.59. The highest BCUT2D eigenvalue weighted by molar-refractivity contribution is 5.87. The van der Waals surface area contributed by atoms with Crippen LogP contribution < -0.4 is 0 Å². The van der Waals surface area contributed by atoms with Crippen LogP contribution in [0.15, 0.2) is 4.42 Å². The highest BCUT2D eigenvalue weighted by Crippen LogP contribution is 2.73. The predicted molar refractivity (Wildman–Crippen MR) is 77.1 cm³/mol. The third-order valence-corrected chi connectivity index (χ3v) is 5.70. The summed E-state index contributed by atoms with van der Waals surface area (Å²) < 4.78 is 11.0. The molecule has 0 aromatic carbocycles. The van der Waals surface area contributed by atoms with Gasteiger partial charge in [-0.3, -0.25) is 0 Å². The van der Waals surface area contributed by atoms with Crippen LogP contribution >= 0.6 is 0 Å². The number of rotatable bonds is 4. The minimum atomic E-state index is -0.367. The number of aromatic nitrogens is 1. The van der Waals surface area contributed by atoms with Crippen LogP contribution in [-0.2, 0) is 4.74 Å². The molecule has 4 unspecified atom stereocenters. The molecule has 3 aliphatic rings. The average molecular weight is 289 g/mol. The monoisotopic (exact) mass is 289 g/mol. The number of ether oxygens (including phenoxy) is 1. The fourth-order valence-electron chi connectivity index (χ4n) is 4.88. The predicted octanol–water partition coefficient (Wildman–Crippen LogP) is 3.73. The summed E-state index contributed by atoms with van der Waals surface area (Å²) in [5, 5.41) is 0. The number of oxazole rings is 1. The van der Waals surface area contributed by atoms with Gasteiger partial charge in [0.05, 0.1) is 12.3 Å². The lowest BCUT2D eigenvalue weighted by atomic mass is 10.0. The van der Waals surface area contributed by atoms with Gasteiger partial charge >= 0.3 is 5.97 Å². The topological polar surface area (TPSA) is 52.3 Å². The van der Waals surface area contributed by atoms with Crippen LogP contribution in [0.2, 0.25) is 0 Å². The van der Waals surface area contributed by atoms with E-state index in [1.165, 1.54) is 19.3 Å². The van der Waals surface area contributed by atoms with Crippen LogP contribution in [0.3, 0.4) is 0 Å². The van der Waals surface area contributed by atoms with Crippen molar-refractivity contribution in [3.05, 3.63) is 17.3 Å². The van der Waals surface area contributed by atoms with E-state index in [-0.39, 0.29) is 11.9 Å². The number of nitrogens with zero attached hydrogens (tertiary/aromatic N) is 1. The number of hydrogen-bond donors (Lipinski definition) is 0. The molecule has 1 aromatic heterocycles. The van der Waals surface area contributed by atoms with Gasteiger partial charge in [0.15, 0.2) is 5.89 Å². The SMILES string of the molecule is CCOC(=O)c1oc(C2C3C4CCC(C4)C23)nc1C(C)C. The Morgan fingerprint density at radius 3 is 2.57 bits per heavy atom. The molecule has 3 aliphatic carbocycles. The molecule has 1 aromatic rings. The third-order valence-electron chi connectivity index (χ3n) is 5.70. The molecule has 21 heavy (non-hydrogen) atoms. The minimum Gasteiger partial charge on any atom is -0.460 e. The molecule has 0 amide bonds. The van der Waals surface area contributed by atoms with Gasteiger partial charge in [-0.15, -0.1) is 0 Å². The van der Waals surface area contributed by atoms with Crippen molar-refractivity contribution in [3.63, 3.8) is 0 Å². The number of fused-ring (bicyclic) bond motifs is 5. The Labute approximate surface area is 125 Å². The van der Waals surface area contributed by atoms with Crippen LogP contribution in [0.25, 0.3) is 0 Å². The van der Waals surface area contributed by atoms with Gasteiger partial charge in [-0.2, -0.15) is 0 Å². The maximum Gasteiger partial charge on any atom is 0.376 e. The lowest BCUT2D eigenvalue weighted by Crippen LogP contribution is -2.07.